The Balaban J connectivity index is 1.31. The van der Waals surface area contributed by atoms with E-state index in [0.29, 0.717) is 28.9 Å². The topological polar surface area (TPSA) is 143 Å². The molecule has 3 aromatic carbocycles. The molecule has 3 N–H and O–H groups in total. The number of ether oxygens (including phenoxy) is 2. The molecule has 0 radical (unpaired) electrons. The highest BCUT2D eigenvalue weighted by atomic mass is 32.2. The molecular formula is C35H34N4O7S. The summed E-state index contributed by atoms with van der Waals surface area (Å²) in [5, 5.41) is 21.9. The van der Waals surface area contributed by atoms with Gasteiger partial charge in [0.2, 0.25) is 0 Å². The number of rotatable bonds is 8. The number of phenols is 2. The van der Waals surface area contributed by atoms with Crippen LogP contribution in [0.25, 0.3) is 11.0 Å². The Bertz CT molecular complexity index is 1840. The first-order valence-corrected chi connectivity index (χ1v) is 16.1. The molecule has 2 atom stereocenters. The van der Waals surface area contributed by atoms with Gasteiger partial charge in [0, 0.05) is 24.4 Å². The minimum Gasteiger partial charge on any atom is -0.504 e. The molecule has 6 rings (SSSR count). The number of β-lactam (4-membered cyclic amide) rings is 1. The van der Waals surface area contributed by atoms with Crippen molar-refractivity contribution >= 4 is 40.8 Å². The van der Waals surface area contributed by atoms with Gasteiger partial charge in [0.15, 0.2) is 17.6 Å². The number of hydrogen-bond donors (Lipinski definition) is 3. The quantitative estimate of drug-likeness (QED) is 0.129. The highest BCUT2D eigenvalue weighted by Crippen LogP contribution is 2.42. The van der Waals surface area contributed by atoms with Crippen molar-refractivity contribution < 1.29 is 34.1 Å². The van der Waals surface area contributed by atoms with Crippen LogP contribution in [0.2, 0.25) is 0 Å². The lowest BCUT2D eigenvalue weighted by Gasteiger charge is -2.49. The number of amides is 2. The second kappa shape index (κ2) is 12.9. The molecule has 1 fully saturated rings. The van der Waals surface area contributed by atoms with E-state index in [-0.39, 0.29) is 17.2 Å². The molecule has 242 valence electrons. The molecule has 1 aromatic heterocycles. The highest BCUT2D eigenvalue weighted by molar-refractivity contribution is 8.00. The maximum Gasteiger partial charge on any atom is 0.408 e. The number of allylic oxidation sites excluding steroid dienone is 2. The minimum atomic E-state index is -0.872. The van der Waals surface area contributed by atoms with E-state index in [1.165, 1.54) is 28.8 Å². The smallest absolute Gasteiger partial charge is 0.408 e. The molecule has 2 aliphatic heterocycles. The Kier molecular flexibility index (Phi) is 8.69. The van der Waals surface area contributed by atoms with E-state index in [2.05, 4.69) is 10.3 Å². The average molecular weight is 655 g/mol. The zero-order valence-electron chi connectivity index (χ0n) is 26.0. The van der Waals surface area contributed by atoms with Crippen molar-refractivity contribution in [2.75, 3.05) is 5.75 Å². The van der Waals surface area contributed by atoms with Crippen LogP contribution in [0.1, 0.15) is 38.0 Å². The number of nitrogens with zero attached hydrogens (tertiary/aromatic N) is 3. The SMILES string of the molecule is CC(C)(C)OC(=O)NC1C(=O)N2C(C(=O)OC(c3ccccc3)c3ccccc3)=C(C=CCn3cnc4cc(O)c(O)cc43)CS[C@@H]12. The van der Waals surface area contributed by atoms with Gasteiger partial charge in [-0.15, -0.1) is 11.8 Å². The first-order chi connectivity index (χ1) is 22.5. The summed E-state index contributed by atoms with van der Waals surface area (Å²) in [7, 11) is 0. The molecule has 1 unspecified atom stereocenters. The van der Waals surface area contributed by atoms with Crippen LogP contribution in [0.4, 0.5) is 4.79 Å². The van der Waals surface area contributed by atoms with Gasteiger partial charge in [-0.2, -0.15) is 0 Å². The predicted molar refractivity (Wildman–Crippen MR) is 176 cm³/mol. The number of imidazole rings is 1. The fourth-order valence-corrected chi connectivity index (χ4v) is 6.80. The number of carbonyl (C=O) groups is 3. The van der Waals surface area contributed by atoms with Crippen molar-refractivity contribution in [3.8, 4) is 11.5 Å². The summed E-state index contributed by atoms with van der Waals surface area (Å²) < 4.78 is 13.3. The molecule has 0 spiro atoms. The average Bonchev–Trinajstić information content (AvgIpc) is 3.43. The zero-order chi connectivity index (χ0) is 33.3. The molecule has 11 nitrogen and oxygen atoms in total. The van der Waals surface area contributed by atoms with Gasteiger partial charge in [0.05, 0.1) is 17.4 Å². The lowest BCUT2D eigenvalue weighted by atomic mass is 10.0. The van der Waals surface area contributed by atoms with E-state index in [1.54, 1.807) is 37.7 Å². The molecule has 3 heterocycles. The summed E-state index contributed by atoms with van der Waals surface area (Å²) in [6.45, 7) is 5.54. The Labute approximate surface area is 275 Å². The minimum absolute atomic E-state index is 0.104. The lowest BCUT2D eigenvalue weighted by molar-refractivity contribution is -0.153. The fourth-order valence-electron chi connectivity index (χ4n) is 5.48. The van der Waals surface area contributed by atoms with Crippen LogP contribution >= 0.6 is 11.8 Å². The number of thioether (sulfide) groups is 1. The number of fused-ring (bicyclic) bond motifs is 2. The van der Waals surface area contributed by atoms with Crippen LogP contribution in [0.3, 0.4) is 0 Å². The van der Waals surface area contributed by atoms with Crippen molar-refractivity contribution in [2.45, 2.75) is 50.4 Å². The van der Waals surface area contributed by atoms with Crippen LogP contribution in [-0.2, 0) is 25.6 Å². The van der Waals surface area contributed by atoms with E-state index in [4.69, 9.17) is 9.47 Å². The highest BCUT2D eigenvalue weighted by Gasteiger charge is 2.54. The van der Waals surface area contributed by atoms with Crippen molar-refractivity contribution in [1.82, 2.24) is 19.8 Å². The summed E-state index contributed by atoms with van der Waals surface area (Å²) in [5.41, 5.74) is 2.60. The summed E-state index contributed by atoms with van der Waals surface area (Å²) in [4.78, 5) is 45.9. The van der Waals surface area contributed by atoms with Crippen molar-refractivity contribution in [2.24, 2.45) is 0 Å². The van der Waals surface area contributed by atoms with E-state index in [9.17, 15) is 24.6 Å². The largest absolute Gasteiger partial charge is 0.504 e. The molecule has 47 heavy (non-hydrogen) atoms. The van der Waals surface area contributed by atoms with Crippen molar-refractivity contribution in [1.29, 1.82) is 0 Å². The number of phenolic OH excluding ortho intramolecular Hbond substituents is 2. The van der Waals surface area contributed by atoms with E-state index in [0.717, 1.165) is 11.1 Å². The number of aromatic nitrogens is 2. The molecule has 0 aliphatic carbocycles. The Morgan fingerprint density at radius 2 is 1.68 bits per heavy atom. The van der Waals surface area contributed by atoms with Gasteiger partial charge in [-0.25, -0.2) is 14.6 Å². The molecule has 2 aliphatic rings. The third-order valence-electron chi connectivity index (χ3n) is 7.63. The third kappa shape index (κ3) is 6.68. The van der Waals surface area contributed by atoms with Crippen molar-refractivity contribution in [3.63, 3.8) is 0 Å². The van der Waals surface area contributed by atoms with E-state index in [1.807, 2.05) is 66.7 Å². The van der Waals surface area contributed by atoms with Gasteiger partial charge in [0.1, 0.15) is 22.7 Å². The molecular weight excluding hydrogens is 620 g/mol. The second-order valence-electron chi connectivity index (χ2n) is 12.1. The van der Waals surface area contributed by atoms with Crippen LogP contribution in [-0.4, -0.2) is 65.4 Å². The Morgan fingerprint density at radius 1 is 1.04 bits per heavy atom. The van der Waals surface area contributed by atoms with Crippen LogP contribution < -0.4 is 5.32 Å². The standard InChI is InChI=1S/C35H34N4O7S/c1-35(2,3)46-34(44)37-28-31(42)39-29(33(43)45-30(21-11-6-4-7-12-21)22-13-8-5-9-14-22)23(19-47-32(28)39)15-10-16-38-20-36-24-17-26(40)27(41)18-25(24)38/h4-15,17-18,20,28,30,32,40-41H,16,19H2,1-3H3,(H,37,44)/t28?,32-/m0/s1. The van der Waals surface area contributed by atoms with Gasteiger partial charge < -0.3 is 29.6 Å². The number of carbonyl (C=O) groups excluding carboxylic acids is 3. The molecule has 1 saturated heterocycles. The first kappa shape index (κ1) is 31.7. The summed E-state index contributed by atoms with van der Waals surface area (Å²) in [6, 6.07) is 20.7. The normalized spacial score (nSPS) is 18.0. The zero-order valence-corrected chi connectivity index (χ0v) is 26.8. The molecule has 12 heteroatoms. The number of benzene rings is 3. The molecule has 0 bridgehead atoms. The van der Waals surface area contributed by atoms with Crippen LogP contribution in [0, 0.1) is 0 Å². The molecule has 2 amide bonds. The van der Waals surface area contributed by atoms with Gasteiger partial charge in [-0.3, -0.25) is 9.69 Å². The van der Waals surface area contributed by atoms with Gasteiger partial charge in [-0.05, 0) is 37.5 Å². The monoisotopic (exact) mass is 654 g/mol. The maximum absolute atomic E-state index is 14.2. The fraction of sp³-hybridized carbons (Fsp3) is 0.257. The number of nitrogens with one attached hydrogen (secondary N) is 1. The molecule has 0 saturated carbocycles. The predicted octanol–water partition coefficient (Wildman–Crippen LogP) is 5.40. The third-order valence-corrected chi connectivity index (χ3v) is 8.93. The Hall–Kier alpha value is -5.23. The summed E-state index contributed by atoms with van der Waals surface area (Å²) >= 11 is 1.42. The Morgan fingerprint density at radius 3 is 2.32 bits per heavy atom. The maximum atomic E-state index is 14.2. The van der Waals surface area contributed by atoms with Gasteiger partial charge >= 0.3 is 12.1 Å². The van der Waals surface area contributed by atoms with E-state index < -0.39 is 41.1 Å². The number of alkyl carbamates (subject to hydrolysis) is 1. The van der Waals surface area contributed by atoms with Crippen LogP contribution in [0.5, 0.6) is 11.5 Å². The molecule has 4 aromatic rings. The second-order valence-corrected chi connectivity index (χ2v) is 13.2. The van der Waals surface area contributed by atoms with E-state index >= 15 is 0 Å². The number of hydrogen-bond acceptors (Lipinski definition) is 9. The first-order valence-electron chi connectivity index (χ1n) is 15.0. The lowest BCUT2D eigenvalue weighted by Crippen LogP contribution is -2.70. The summed E-state index contributed by atoms with van der Waals surface area (Å²) in [6.07, 6.45) is 3.73. The number of aromatic hydroxyl groups is 2. The van der Waals surface area contributed by atoms with Crippen LogP contribution in [0.15, 0.2) is 103 Å². The van der Waals surface area contributed by atoms with Crippen molar-refractivity contribution in [3.05, 3.63) is 114 Å². The number of esters is 1. The van der Waals surface area contributed by atoms with Gasteiger partial charge in [0.25, 0.3) is 5.91 Å². The van der Waals surface area contributed by atoms with Gasteiger partial charge in [-0.1, -0.05) is 72.8 Å². The summed E-state index contributed by atoms with van der Waals surface area (Å²) in [5.74, 6) is -1.28.